The highest BCUT2D eigenvalue weighted by Gasteiger charge is 2.39. The monoisotopic (exact) mass is 283 g/mol. The summed E-state index contributed by atoms with van der Waals surface area (Å²) in [5, 5.41) is 9.32. The molecule has 2 aliphatic rings. The van der Waals surface area contributed by atoms with Crippen LogP contribution in [0.2, 0.25) is 0 Å². The van der Waals surface area contributed by atoms with E-state index in [4.69, 9.17) is 0 Å². The van der Waals surface area contributed by atoms with Gasteiger partial charge in [-0.05, 0) is 37.0 Å². The molecule has 2 fully saturated rings. The van der Waals surface area contributed by atoms with E-state index < -0.39 is 0 Å². The van der Waals surface area contributed by atoms with Crippen molar-refractivity contribution < 1.29 is 0 Å². The highest BCUT2D eigenvalue weighted by molar-refractivity contribution is 9.08. The van der Waals surface area contributed by atoms with Gasteiger partial charge in [0.1, 0.15) is 11.6 Å². The zero-order valence-electron chi connectivity index (χ0n) is 9.69. The Morgan fingerprint density at radius 2 is 2.06 bits per heavy atom. The number of halogens is 1. The fourth-order valence-corrected chi connectivity index (χ4v) is 4.04. The minimum Gasteiger partial charge on any atom is -0.317 e. The summed E-state index contributed by atoms with van der Waals surface area (Å²) >= 11 is 3.44. The fraction of sp³-hybridized carbons (Fsp3) is 0.833. The molecule has 0 N–H and O–H groups in total. The zero-order valence-corrected chi connectivity index (χ0v) is 11.3. The molecule has 3 unspecified atom stereocenters. The first-order valence-corrected chi connectivity index (χ1v) is 7.33. The molecule has 1 aromatic rings. The van der Waals surface area contributed by atoms with Gasteiger partial charge in [-0.2, -0.15) is 0 Å². The van der Waals surface area contributed by atoms with Crippen LogP contribution in [0.1, 0.15) is 37.3 Å². The Morgan fingerprint density at radius 1 is 1.25 bits per heavy atom. The van der Waals surface area contributed by atoms with Crippen LogP contribution >= 0.6 is 15.9 Å². The van der Waals surface area contributed by atoms with Crippen molar-refractivity contribution in [2.75, 3.05) is 0 Å². The Balaban J connectivity index is 1.72. The van der Waals surface area contributed by atoms with Crippen molar-refractivity contribution in [2.45, 2.75) is 37.4 Å². The van der Waals surface area contributed by atoms with Crippen molar-refractivity contribution in [3.05, 3.63) is 11.6 Å². The maximum absolute atomic E-state index is 4.32. The van der Waals surface area contributed by atoms with Crippen molar-refractivity contribution in [1.82, 2.24) is 14.8 Å². The van der Waals surface area contributed by atoms with Crippen LogP contribution in [0.4, 0.5) is 0 Å². The molecule has 3 atom stereocenters. The summed E-state index contributed by atoms with van der Waals surface area (Å²) < 4.78 is 2.15. The molecule has 0 aromatic carbocycles. The Morgan fingerprint density at radius 3 is 2.62 bits per heavy atom. The topological polar surface area (TPSA) is 30.7 Å². The van der Waals surface area contributed by atoms with Crippen molar-refractivity contribution in [1.29, 1.82) is 0 Å². The van der Waals surface area contributed by atoms with Crippen LogP contribution in [0.15, 0.2) is 0 Å². The third-order valence-corrected chi connectivity index (χ3v) is 5.01. The smallest absolute Gasteiger partial charge is 0.143 e. The Bertz CT molecular complexity index is 388. The van der Waals surface area contributed by atoms with Crippen molar-refractivity contribution >= 4 is 15.9 Å². The van der Waals surface area contributed by atoms with E-state index in [0.717, 1.165) is 35.3 Å². The largest absolute Gasteiger partial charge is 0.317 e. The van der Waals surface area contributed by atoms with Crippen LogP contribution in [-0.2, 0) is 18.8 Å². The Labute approximate surface area is 105 Å². The average Bonchev–Trinajstić information content (AvgIpc) is 2.96. The molecule has 0 amide bonds. The molecule has 2 saturated carbocycles. The molecule has 0 spiro atoms. The van der Waals surface area contributed by atoms with E-state index in [1.807, 2.05) is 0 Å². The second-order valence-electron chi connectivity index (χ2n) is 5.36. The first-order valence-electron chi connectivity index (χ1n) is 6.21. The molecule has 3 rings (SSSR count). The van der Waals surface area contributed by atoms with E-state index >= 15 is 0 Å². The molecule has 3 nitrogen and oxygen atoms in total. The van der Waals surface area contributed by atoms with E-state index in [1.165, 1.54) is 31.5 Å². The molecule has 0 saturated heterocycles. The number of nitrogens with zero attached hydrogens (tertiary/aromatic N) is 3. The number of alkyl halides is 1. The SMILES string of the molecule is Cn1c(CBr)nnc1CC1CC2CCC1C2. The molecule has 1 heterocycles. The lowest BCUT2D eigenvalue weighted by Crippen LogP contribution is -2.15. The maximum Gasteiger partial charge on any atom is 0.143 e. The second kappa shape index (κ2) is 4.13. The van der Waals surface area contributed by atoms with Crippen LogP contribution in [-0.4, -0.2) is 14.8 Å². The molecular weight excluding hydrogens is 266 g/mol. The summed E-state index contributed by atoms with van der Waals surface area (Å²) in [5.41, 5.74) is 0. The van der Waals surface area contributed by atoms with Crippen molar-refractivity contribution in [2.24, 2.45) is 24.8 Å². The first kappa shape index (κ1) is 10.8. The Kier molecular flexibility index (Phi) is 2.78. The van der Waals surface area contributed by atoms with Gasteiger partial charge >= 0.3 is 0 Å². The van der Waals surface area contributed by atoms with Crippen LogP contribution < -0.4 is 0 Å². The summed E-state index contributed by atoms with van der Waals surface area (Å²) in [4.78, 5) is 0. The minimum atomic E-state index is 0.799. The molecule has 0 aliphatic heterocycles. The number of hydrogen-bond donors (Lipinski definition) is 0. The van der Waals surface area contributed by atoms with Gasteiger partial charge in [0, 0.05) is 13.5 Å². The van der Waals surface area contributed by atoms with Gasteiger partial charge in [-0.15, -0.1) is 10.2 Å². The lowest BCUT2D eigenvalue weighted by Gasteiger charge is -2.20. The van der Waals surface area contributed by atoms with E-state index in [9.17, 15) is 0 Å². The zero-order chi connectivity index (χ0) is 11.1. The highest BCUT2D eigenvalue weighted by Crippen LogP contribution is 2.49. The third-order valence-electron chi connectivity index (χ3n) is 4.50. The maximum atomic E-state index is 4.32. The van der Waals surface area contributed by atoms with Crippen LogP contribution in [0.3, 0.4) is 0 Å². The molecular formula is C12H18BrN3. The van der Waals surface area contributed by atoms with Gasteiger partial charge in [0.05, 0.1) is 5.33 Å². The number of fused-ring (bicyclic) bond motifs is 2. The number of aromatic nitrogens is 3. The summed E-state index contributed by atoms with van der Waals surface area (Å²) in [5.74, 6) is 5.10. The van der Waals surface area contributed by atoms with E-state index in [0.29, 0.717) is 0 Å². The third kappa shape index (κ3) is 1.71. The van der Waals surface area contributed by atoms with E-state index in [2.05, 4.69) is 37.7 Å². The molecule has 16 heavy (non-hydrogen) atoms. The molecule has 2 bridgehead atoms. The molecule has 2 aliphatic carbocycles. The van der Waals surface area contributed by atoms with Crippen LogP contribution in [0.5, 0.6) is 0 Å². The summed E-state index contributed by atoms with van der Waals surface area (Å²) in [6.07, 6.45) is 6.98. The predicted octanol–water partition coefficient (Wildman–Crippen LogP) is 2.69. The quantitative estimate of drug-likeness (QED) is 0.799. The average molecular weight is 284 g/mol. The van der Waals surface area contributed by atoms with Gasteiger partial charge in [0.25, 0.3) is 0 Å². The molecule has 4 heteroatoms. The van der Waals surface area contributed by atoms with Crippen LogP contribution in [0.25, 0.3) is 0 Å². The number of hydrogen-bond acceptors (Lipinski definition) is 2. The second-order valence-corrected chi connectivity index (χ2v) is 5.92. The standard InChI is InChI=1S/C12H18BrN3/c1-16-11(14-15-12(16)7-13)6-10-5-8-2-3-9(10)4-8/h8-10H,2-7H2,1H3. The van der Waals surface area contributed by atoms with Gasteiger partial charge in [0.15, 0.2) is 0 Å². The van der Waals surface area contributed by atoms with Crippen molar-refractivity contribution in [3.8, 4) is 0 Å². The summed E-state index contributed by atoms with van der Waals surface area (Å²) in [6.45, 7) is 0. The highest BCUT2D eigenvalue weighted by atomic mass is 79.9. The Hall–Kier alpha value is -0.380. The van der Waals surface area contributed by atoms with Gasteiger partial charge < -0.3 is 4.57 Å². The lowest BCUT2D eigenvalue weighted by atomic mass is 9.86. The van der Waals surface area contributed by atoms with Gasteiger partial charge in [-0.3, -0.25) is 0 Å². The lowest BCUT2D eigenvalue weighted by molar-refractivity contribution is 0.324. The minimum absolute atomic E-state index is 0.799. The van der Waals surface area contributed by atoms with Gasteiger partial charge in [0.2, 0.25) is 0 Å². The van der Waals surface area contributed by atoms with Crippen LogP contribution in [0, 0.1) is 17.8 Å². The van der Waals surface area contributed by atoms with E-state index in [1.54, 1.807) is 0 Å². The normalized spacial score (nSPS) is 32.5. The number of rotatable bonds is 3. The molecule has 1 aromatic heterocycles. The fourth-order valence-electron chi connectivity index (χ4n) is 3.55. The van der Waals surface area contributed by atoms with Crippen molar-refractivity contribution in [3.63, 3.8) is 0 Å². The first-order chi connectivity index (χ1) is 7.78. The predicted molar refractivity (Wildman–Crippen MR) is 66.3 cm³/mol. The summed E-state index contributed by atoms with van der Waals surface area (Å²) in [6, 6.07) is 0. The summed E-state index contributed by atoms with van der Waals surface area (Å²) in [7, 11) is 2.08. The van der Waals surface area contributed by atoms with Gasteiger partial charge in [-0.1, -0.05) is 22.4 Å². The molecule has 88 valence electrons. The van der Waals surface area contributed by atoms with E-state index in [-0.39, 0.29) is 0 Å². The van der Waals surface area contributed by atoms with Gasteiger partial charge in [-0.25, -0.2) is 0 Å². The molecule has 0 radical (unpaired) electrons.